The zero-order chi connectivity index (χ0) is 12.2. The van der Waals surface area contributed by atoms with Gasteiger partial charge in [-0.15, -0.1) is 0 Å². The Bertz CT molecular complexity index is 194. The summed E-state index contributed by atoms with van der Waals surface area (Å²) in [5.41, 5.74) is 0. The van der Waals surface area contributed by atoms with E-state index in [0.717, 1.165) is 45.7 Å². The van der Waals surface area contributed by atoms with Crippen LogP contribution >= 0.6 is 0 Å². The van der Waals surface area contributed by atoms with E-state index in [-0.39, 0.29) is 0 Å². The lowest BCUT2D eigenvalue weighted by Crippen LogP contribution is -2.39. The van der Waals surface area contributed by atoms with Crippen LogP contribution in [0.15, 0.2) is 4.99 Å². The molecule has 6 heteroatoms. The highest BCUT2D eigenvalue weighted by molar-refractivity contribution is 6.02. The molecule has 96 valence electrons. The summed E-state index contributed by atoms with van der Waals surface area (Å²) >= 11 is 0. The first-order valence-electron chi connectivity index (χ1n) is 6.42. The second-order valence-corrected chi connectivity index (χ2v) is 4.25. The van der Waals surface area contributed by atoms with Gasteiger partial charge in [0.25, 0.3) is 0 Å². The standard InChI is InChI=1S/C11H23BN4O/c12-17-10-15-4-2-1-3-11-9-14-6-5-13-7-8-16-11/h10-11,13-14,16H,1-9H2/t11-/m0/s1. The third-order valence-electron chi connectivity index (χ3n) is 2.83. The number of nitrogens with one attached hydrogen (secondary N) is 3. The van der Waals surface area contributed by atoms with Crippen LogP contribution in [0.5, 0.6) is 0 Å². The molecule has 0 aromatic rings. The van der Waals surface area contributed by atoms with Crippen LogP contribution in [0.3, 0.4) is 0 Å². The van der Waals surface area contributed by atoms with Crippen molar-refractivity contribution in [2.75, 3.05) is 39.3 Å². The maximum absolute atomic E-state index is 4.83. The van der Waals surface area contributed by atoms with Gasteiger partial charge in [-0.05, 0) is 12.8 Å². The molecule has 0 aromatic carbocycles. The third kappa shape index (κ3) is 8.18. The van der Waals surface area contributed by atoms with E-state index in [4.69, 9.17) is 8.05 Å². The van der Waals surface area contributed by atoms with Crippen LogP contribution in [-0.2, 0) is 4.65 Å². The molecular weight excluding hydrogens is 215 g/mol. The van der Waals surface area contributed by atoms with Gasteiger partial charge < -0.3 is 20.6 Å². The first kappa shape index (κ1) is 14.5. The number of unbranched alkanes of at least 4 members (excludes halogenated alkanes) is 1. The van der Waals surface area contributed by atoms with E-state index < -0.39 is 0 Å². The predicted octanol–water partition coefficient (Wildman–Crippen LogP) is -0.564. The molecule has 0 aliphatic carbocycles. The van der Waals surface area contributed by atoms with E-state index in [2.05, 4.69) is 25.6 Å². The van der Waals surface area contributed by atoms with E-state index in [1.165, 1.54) is 19.2 Å². The smallest absolute Gasteiger partial charge is 0.375 e. The molecule has 1 saturated heterocycles. The summed E-state index contributed by atoms with van der Waals surface area (Å²) in [5, 5.41) is 10.4. The Morgan fingerprint density at radius 1 is 1.18 bits per heavy atom. The molecule has 5 nitrogen and oxygen atoms in total. The van der Waals surface area contributed by atoms with Crippen molar-refractivity contribution in [3.05, 3.63) is 0 Å². The fourth-order valence-electron chi connectivity index (χ4n) is 1.91. The lowest BCUT2D eigenvalue weighted by molar-refractivity contribution is 0.449. The van der Waals surface area contributed by atoms with Gasteiger partial charge in [0, 0.05) is 45.3 Å². The molecule has 1 aliphatic heterocycles. The summed E-state index contributed by atoms with van der Waals surface area (Å²) in [6.45, 7) is 6.05. The minimum atomic E-state index is 0.574. The second-order valence-electron chi connectivity index (χ2n) is 4.25. The maximum Gasteiger partial charge on any atom is 0.375 e. The lowest BCUT2D eigenvalue weighted by Gasteiger charge is -2.17. The van der Waals surface area contributed by atoms with Crippen molar-refractivity contribution in [2.45, 2.75) is 25.3 Å². The quantitative estimate of drug-likeness (QED) is 0.251. The largest absolute Gasteiger partial charge is 0.560 e. The highest BCUT2D eigenvalue weighted by atomic mass is 16.4. The van der Waals surface area contributed by atoms with Crippen LogP contribution in [0.4, 0.5) is 0 Å². The minimum Gasteiger partial charge on any atom is -0.560 e. The van der Waals surface area contributed by atoms with Crippen molar-refractivity contribution in [3.63, 3.8) is 0 Å². The molecular formula is C11H23BN4O. The van der Waals surface area contributed by atoms with E-state index >= 15 is 0 Å². The number of rotatable bonds is 6. The molecule has 1 aliphatic rings. The molecule has 0 amide bonds. The van der Waals surface area contributed by atoms with Gasteiger partial charge in [-0.2, -0.15) is 0 Å². The van der Waals surface area contributed by atoms with Crippen molar-refractivity contribution in [1.82, 2.24) is 16.0 Å². The number of hydrogen-bond donors (Lipinski definition) is 3. The molecule has 1 atom stereocenters. The molecule has 0 spiro atoms. The summed E-state index contributed by atoms with van der Waals surface area (Å²) < 4.78 is 4.26. The van der Waals surface area contributed by atoms with Crippen molar-refractivity contribution in [2.24, 2.45) is 4.99 Å². The van der Waals surface area contributed by atoms with Crippen LogP contribution in [0.25, 0.3) is 0 Å². The Kier molecular flexibility index (Phi) is 8.99. The molecule has 1 rings (SSSR count). The fraction of sp³-hybridized carbons (Fsp3) is 0.909. The summed E-state index contributed by atoms with van der Waals surface area (Å²) in [4.78, 5) is 4.00. The molecule has 3 N–H and O–H groups in total. The fourth-order valence-corrected chi connectivity index (χ4v) is 1.91. The molecule has 0 bridgehead atoms. The minimum absolute atomic E-state index is 0.574. The zero-order valence-electron chi connectivity index (χ0n) is 10.5. The molecule has 0 unspecified atom stereocenters. The van der Waals surface area contributed by atoms with Gasteiger partial charge in [0.1, 0.15) is 6.40 Å². The first-order valence-corrected chi connectivity index (χ1v) is 6.42. The highest BCUT2D eigenvalue weighted by Crippen LogP contribution is 2.01. The Hall–Kier alpha value is -0.585. The average Bonchev–Trinajstić information content (AvgIpc) is 2.47. The highest BCUT2D eigenvalue weighted by Gasteiger charge is 2.08. The third-order valence-corrected chi connectivity index (χ3v) is 2.83. The van der Waals surface area contributed by atoms with Gasteiger partial charge in [-0.25, -0.2) is 0 Å². The summed E-state index contributed by atoms with van der Waals surface area (Å²) in [6, 6.07) is 0.574. The van der Waals surface area contributed by atoms with Crippen molar-refractivity contribution in [3.8, 4) is 0 Å². The molecule has 2 radical (unpaired) electrons. The Morgan fingerprint density at radius 3 is 2.88 bits per heavy atom. The van der Waals surface area contributed by atoms with Crippen LogP contribution in [-0.4, -0.2) is 59.8 Å². The summed E-state index contributed by atoms with van der Waals surface area (Å²) in [7, 11) is 4.83. The maximum atomic E-state index is 4.83. The molecule has 0 aromatic heterocycles. The molecule has 17 heavy (non-hydrogen) atoms. The normalized spacial score (nSPS) is 22.9. The SMILES string of the molecule is [B]OC=NCCCC[C@H]1CNCCNCCN1. The van der Waals surface area contributed by atoms with Gasteiger partial charge >= 0.3 is 8.05 Å². The van der Waals surface area contributed by atoms with Crippen molar-refractivity contribution < 1.29 is 4.65 Å². The van der Waals surface area contributed by atoms with Crippen molar-refractivity contribution in [1.29, 1.82) is 0 Å². The van der Waals surface area contributed by atoms with Crippen LogP contribution in [0.1, 0.15) is 19.3 Å². The molecule has 1 fully saturated rings. The van der Waals surface area contributed by atoms with E-state index in [1.54, 1.807) is 0 Å². The monoisotopic (exact) mass is 238 g/mol. The number of aliphatic imine (C=N–C) groups is 1. The lowest BCUT2D eigenvalue weighted by atomic mass is 10.1. The summed E-state index contributed by atoms with van der Waals surface area (Å²) in [6.07, 6.45) is 4.74. The van der Waals surface area contributed by atoms with E-state index in [1.807, 2.05) is 0 Å². The number of hydrogen-bond acceptors (Lipinski definition) is 5. The van der Waals surface area contributed by atoms with Gasteiger partial charge in [0.05, 0.1) is 0 Å². The zero-order valence-corrected chi connectivity index (χ0v) is 10.5. The first-order chi connectivity index (χ1) is 8.43. The molecule has 1 heterocycles. The Balaban J connectivity index is 2.04. The van der Waals surface area contributed by atoms with Crippen molar-refractivity contribution >= 4 is 14.4 Å². The second kappa shape index (κ2) is 10.6. The molecule has 0 saturated carbocycles. The predicted molar refractivity (Wildman–Crippen MR) is 71.6 cm³/mol. The van der Waals surface area contributed by atoms with Gasteiger partial charge in [0.15, 0.2) is 0 Å². The van der Waals surface area contributed by atoms with Crippen LogP contribution < -0.4 is 16.0 Å². The van der Waals surface area contributed by atoms with E-state index in [9.17, 15) is 0 Å². The Labute approximate surface area is 105 Å². The van der Waals surface area contributed by atoms with E-state index in [0.29, 0.717) is 6.04 Å². The van der Waals surface area contributed by atoms with Crippen LogP contribution in [0, 0.1) is 0 Å². The van der Waals surface area contributed by atoms with Gasteiger partial charge in [0.2, 0.25) is 0 Å². The Morgan fingerprint density at radius 2 is 2.00 bits per heavy atom. The van der Waals surface area contributed by atoms with Crippen LogP contribution in [0.2, 0.25) is 0 Å². The number of nitrogens with zero attached hydrogens (tertiary/aromatic N) is 1. The van der Waals surface area contributed by atoms with Gasteiger partial charge in [-0.3, -0.25) is 4.99 Å². The topological polar surface area (TPSA) is 57.7 Å². The summed E-state index contributed by atoms with van der Waals surface area (Å²) in [5.74, 6) is 0. The van der Waals surface area contributed by atoms with Gasteiger partial charge in [-0.1, -0.05) is 6.42 Å². The average molecular weight is 238 g/mol.